The Morgan fingerprint density at radius 1 is 1.30 bits per heavy atom. The Labute approximate surface area is 117 Å². The third-order valence-corrected chi connectivity index (χ3v) is 2.83. The van der Waals surface area contributed by atoms with Gasteiger partial charge in [0.1, 0.15) is 6.04 Å². The summed E-state index contributed by atoms with van der Waals surface area (Å²) in [7, 11) is 2.89. The molecular formula is C14H19NO5. The van der Waals surface area contributed by atoms with Crippen molar-refractivity contribution >= 4 is 11.9 Å². The first-order valence-corrected chi connectivity index (χ1v) is 6.29. The van der Waals surface area contributed by atoms with Gasteiger partial charge in [-0.2, -0.15) is 0 Å². The topological polar surface area (TPSA) is 84.9 Å². The molecule has 20 heavy (non-hydrogen) atoms. The largest absolute Gasteiger partial charge is 0.493 e. The third kappa shape index (κ3) is 3.63. The second-order valence-electron chi connectivity index (χ2n) is 4.19. The van der Waals surface area contributed by atoms with E-state index in [1.165, 1.54) is 14.2 Å². The number of amides is 1. The highest BCUT2D eigenvalue weighted by molar-refractivity contribution is 5.99. The Kier molecular flexibility index (Phi) is 5.83. The number of rotatable bonds is 7. The number of carboxylic acids is 1. The number of carbonyl (C=O) groups excluding carboxylic acids is 1. The fraction of sp³-hybridized carbons (Fsp3) is 0.429. The van der Waals surface area contributed by atoms with Gasteiger partial charge < -0.3 is 19.9 Å². The highest BCUT2D eigenvalue weighted by atomic mass is 16.5. The van der Waals surface area contributed by atoms with Crippen molar-refractivity contribution in [3.63, 3.8) is 0 Å². The van der Waals surface area contributed by atoms with E-state index in [1.807, 2.05) is 6.92 Å². The molecule has 6 heteroatoms. The molecule has 110 valence electrons. The van der Waals surface area contributed by atoms with Crippen molar-refractivity contribution in [1.82, 2.24) is 5.32 Å². The van der Waals surface area contributed by atoms with E-state index in [0.717, 1.165) is 0 Å². The van der Waals surface area contributed by atoms with Crippen molar-refractivity contribution in [3.8, 4) is 11.5 Å². The zero-order valence-electron chi connectivity index (χ0n) is 11.8. The number of hydrogen-bond acceptors (Lipinski definition) is 4. The number of carbonyl (C=O) groups is 2. The molecule has 1 rings (SSSR count). The number of hydrogen-bond donors (Lipinski definition) is 2. The maximum absolute atomic E-state index is 12.2. The molecule has 2 N–H and O–H groups in total. The van der Waals surface area contributed by atoms with Crippen LogP contribution in [-0.2, 0) is 4.79 Å². The smallest absolute Gasteiger partial charge is 0.326 e. The maximum atomic E-state index is 12.2. The van der Waals surface area contributed by atoms with E-state index in [0.29, 0.717) is 18.6 Å². The second-order valence-corrected chi connectivity index (χ2v) is 4.19. The lowest BCUT2D eigenvalue weighted by Crippen LogP contribution is -2.40. The lowest BCUT2D eigenvalue weighted by Gasteiger charge is -2.16. The molecule has 0 bridgehead atoms. The van der Waals surface area contributed by atoms with Crippen LogP contribution in [0, 0.1) is 0 Å². The predicted molar refractivity (Wildman–Crippen MR) is 73.3 cm³/mol. The van der Waals surface area contributed by atoms with Crippen LogP contribution < -0.4 is 14.8 Å². The van der Waals surface area contributed by atoms with Crippen LogP contribution >= 0.6 is 0 Å². The van der Waals surface area contributed by atoms with E-state index in [1.54, 1.807) is 18.2 Å². The van der Waals surface area contributed by atoms with E-state index in [-0.39, 0.29) is 11.3 Å². The van der Waals surface area contributed by atoms with Crippen LogP contribution in [0.1, 0.15) is 30.1 Å². The Balaban J connectivity index is 2.99. The molecule has 1 atom stereocenters. The lowest BCUT2D eigenvalue weighted by molar-refractivity contribution is -0.139. The van der Waals surface area contributed by atoms with Crippen molar-refractivity contribution in [2.75, 3.05) is 14.2 Å². The molecular weight excluding hydrogens is 262 g/mol. The van der Waals surface area contributed by atoms with Gasteiger partial charge in [0.05, 0.1) is 19.8 Å². The zero-order chi connectivity index (χ0) is 15.1. The highest BCUT2D eigenvalue weighted by Gasteiger charge is 2.22. The van der Waals surface area contributed by atoms with E-state index in [2.05, 4.69) is 5.32 Å². The van der Waals surface area contributed by atoms with Gasteiger partial charge in [-0.3, -0.25) is 4.79 Å². The van der Waals surface area contributed by atoms with Crippen LogP contribution in [0.25, 0.3) is 0 Å². The summed E-state index contributed by atoms with van der Waals surface area (Å²) in [4.78, 5) is 23.2. The Bertz CT molecular complexity index is 486. The minimum Gasteiger partial charge on any atom is -0.493 e. The molecule has 0 fully saturated rings. The van der Waals surface area contributed by atoms with Crippen LogP contribution in [0.4, 0.5) is 0 Å². The first kappa shape index (κ1) is 15.8. The summed E-state index contributed by atoms with van der Waals surface area (Å²) in [5, 5.41) is 11.5. The molecule has 0 saturated heterocycles. The number of aliphatic carboxylic acids is 1. The van der Waals surface area contributed by atoms with Gasteiger partial charge >= 0.3 is 5.97 Å². The summed E-state index contributed by atoms with van der Waals surface area (Å²) in [6.45, 7) is 1.86. The summed E-state index contributed by atoms with van der Waals surface area (Å²) >= 11 is 0. The molecule has 1 amide bonds. The van der Waals surface area contributed by atoms with Gasteiger partial charge in [-0.25, -0.2) is 4.79 Å². The van der Waals surface area contributed by atoms with E-state index in [9.17, 15) is 9.59 Å². The van der Waals surface area contributed by atoms with E-state index in [4.69, 9.17) is 14.6 Å². The summed E-state index contributed by atoms with van der Waals surface area (Å²) in [5.41, 5.74) is 0.245. The van der Waals surface area contributed by atoms with Crippen molar-refractivity contribution < 1.29 is 24.2 Å². The summed E-state index contributed by atoms with van der Waals surface area (Å²) < 4.78 is 10.3. The Morgan fingerprint density at radius 2 is 2.00 bits per heavy atom. The van der Waals surface area contributed by atoms with Crippen LogP contribution in [0.5, 0.6) is 11.5 Å². The molecule has 0 radical (unpaired) electrons. The van der Waals surface area contributed by atoms with Gasteiger partial charge in [-0.05, 0) is 18.6 Å². The second kappa shape index (κ2) is 7.37. The number of methoxy groups -OCH3 is 2. The molecule has 0 aliphatic rings. The predicted octanol–water partition coefficient (Wildman–Crippen LogP) is 1.69. The molecule has 0 unspecified atom stereocenters. The molecule has 0 aliphatic carbocycles. The van der Waals surface area contributed by atoms with Crippen molar-refractivity contribution in [2.24, 2.45) is 0 Å². The summed E-state index contributed by atoms with van der Waals surface area (Å²) in [6.07, 6.45) is 1.03. The van der Waals surface area contributed by atoms with Crippen LogP contribution in [0.15, 0.2) is 18.2 Å². The molecule has 1 aromatic carbocycles. The average Bonchev–Trinajstić information content (AvgIpc) is 2.45. The summed E-state index contributed by atoms with van der Waals surface area (Å²) in [6, 6.07) is 3.95. The van der Waals surface area contributed by atoms with Gasteiger partial charge in [0.25, 0.3) is 5.91 Å². The Morgan fingerprint density at radius 3 is 2.50 bits per heavy atom. The molecule has 6 nitrogen and oxygen atoms in total. The minimum atomic E-state index is -1.05. The van der Waals surface area contributed by atoms with Gasteiger partial charge in [0.2, 0.25) is 0 Å². The lowest BCUT2D eigenvalue weighted by atomic mass is 10.1. The quantitative estimate of drug-likeness (QED) is 0.794. The summed E-state index contributed by atoms with van der Waals surface area (Å²) in [5.74, 6) is -0.848. The maximum Gasteiger partial charge on any atom is 0.326 e. The normalized spacial score (nSPS) is 11.6. The fourth-order valence-electron chi connectivity index (χ4n) is 1.85. The standard InChI is InChI=1S/C14H19NO5/c1-4-6-10(14(17)18)15-13(16)9-7-5-8-11(19-2)12(9)20-3/h5,7-8,10H,4,6H2,1-3H3,(H,15,16)(H,17,18)/t10-/m0/s1. The number of carboxylic acid groups (broad SMARTS) is 1. The van der Waals surface area contributed by atoms with Gasteiger partial charge in [0, 0.05) is 0 Å². The first-order valence-electron chi connectivity index (χ1n) is 6.29. The highest BCUT2D eigenvalue weighted by Crippen LogP contribution is 2.30. The Hall–Kier alpha value is -2.24. The van der Waals surface area contributed by atoms with Gasteiger partial charge in [-0.1, -0.05) is 19.4 Å². The first-order chi connectivity index (χ1) is 9.54. The van der Waals surface area contributed by atoms with Crippen molar-refractivity contribution in [2.45, 2.75) is 25.8 Å². The van der Waals surface area contributed by atoms with Crippen molar-refractivity contribution in [3.05, 3.63) is 23.8 Å². The van der Waals surface area contributed by atoms with Gasteiger partial charge in [-0.15, -0.1) is 0 Å². The zero-order valence-corrected chi connectivity index (χ0v) is 11.8. The SMILES string of the molecule is CCC[C@H](NC(=O)c1cccc(OC)c1OC)C(=O)O. The van der Waals surface area contributed by atoms with Crippen LogP contribution in [-0.4, -0.2) is 37.2 Å². The fourth-order valence-corrected chi connectivity index (χ4v) is 1.85. The molecule has 1 aromatic rings. The molecule has 0 heterocycles. The molecule has 0 spiro atoms. The third-order valence-electron chi connectivity index (χ3n) is 2.83. The molecule has 0 saturated carbocycles. The molecule has 0 aromatic heterocycles. The minimum absolute atomic E-state index is 0.245. The van der Waals surface area contributed by atoms with Crippen LogP contribution in [0.2, 0.25) is 0 Å². The van der Waals surface area contributed by atoms with Crippen molar-refractivity contribution in [1.29, 1.82) is 0 Å². The molecule has 0 aliphatic heterocycles. The average molecular weight is 281 g/mol. The number of para-hydroxylation sites is 1. The van der Waals surface area contributed by atoms with Crippen LogP contribution in [0.3, 0.4) is 0 Å². The number of nitrogens with one attached hydrogen (secondary N) is 1. The van der Waals surface area contributed by atoms with Gasteiger partial charge in [0.15, 0.2) is 11.5 Å². The number of ether oxygens (including phenoxy) is 2. The monoisotopic (exact) mass is 281 g/mol. The van der Waals surface area contributed by atoms with E-state index < -0.39 is 17.9 Å². The van der Waals surface area contributed by atoms with E-state index >= 15 is 0 Å². The number of benzene rings is 1.